The van der Waals surface area contributed by atoms with Crippen LogP contribution in [0, 0.1) is 0 Å². The lowest BCUT2D eigenvalue weighted by atomic mass is 10.2. The number of carbonyl (C=O) groups is 1. The van der Waals surface area contributed by atoms with Gasteiger partial charge in [0, 0.05) is 30.9 Å². The Morgan fingerprint density at radius 2 is 1.73 bits per heavy atom. The van der Waals surface area contributed by atoms with Crippen LogP contribution in [0.3, 0.4) is 0 Å². The predicted molar refractivity (Wildman–Crippen MR) is 107 cm³/mol. The highest BCUT2D eigenvalue weighted by atomic mass is 16.5. The van der Waals surface area contributed by atoms with Crippen molar-refractivity contribution in [3.63, 3.8) is 0 Å². The normalized spacial score (nSPS) is 14.1. The summed E-state index contributed by atoms with van der Waals surface area (Å²) < 4.78 is 5.45. The quantitative estimate of drug-likeness (QED) is 0.775. The Labute approximate surface area is 155 Å². The van der Waals surface area contributed by atoms with Crippen LogP contribution in [0.1, 0.15) is 26.2 Å². The Balaban J connectivity index is 1.65. The minimum absolute atomic E-state index is 0.0743. The van der Waals surface area contributed by atoms with Crippen molar-refractivity contribution in [2.45, 2.75) is 26.2 Å². The van der Waals surface area contributed by atoms with Crippen LogP contribution < -0.4 is 15.5 Å². The lowest BCUT2D eigenvalue weighted by Crippen LogP contribution is -2.36. The van der Waals surface area contributed by atoms with Crippen LogP contribution >= 0.6 is 0 Å². The van der Waals surface area contributed by atoms with Crippen LogP contribution in [0.2, 0.25) is 0 Å². The molecule has 1 saturated heterocycles. The first-order chi connectivity index (χ1) is 12.8. The van der Waals surface area contributed by atoms with Crippen molar-refractivity contribution >= 4 is 28.7 Å². The number of amides is 1. The molecule has 3 rings (SSSR count). The maximum Gasteiger partial charge on any atom is 0.224 e. The molecule has 2 aromatic carbocycles. The summed E-state index contributed by atoms with van der Waals surface area (Å²) in [5.74, 6) is 0.0743. The number of nitrogens with one attached hydrogen (secondary N) is 2. The van der Waals surface area contributed by atoms with E-state index in [9.17, 15) is 4.79 Å². The van der Waals surface area contributed by atoms with E-state index >= 15 is 0 Å². The van der Waals surface area contributed by atoms with Crippen molar-refractivity contribution in [1.82, 2.24) is 0 Å². The van der Waals surface area contributed by atoms with Crippen LogP contribution in [0.25, 0.3) is 0 Å². The Kier molecular flexibility index (Phi) is 6.50. The zero-order valence-corrected chi connectivity index (χ0v) is 15.3. The number of para-hydroxylation sites is 2. The molecule has 5 heteroatoms. The Morgan fingerprint density at radius 1 is 1.04 bits per heavy atom. The number of hydrogen-bond donors (Lipinski definition) is 2. The molecule has 0 saturated carbocycles. The van der Waals surface area contributed by atoms with Crippen molar-refractivity contribution in [3.05, 3.63) is 48.5 Å². The number of morpholine rings is 1. The van der Waals surface area contributed by atoms with Gasteiger partial charge in [0.1, 0.15) is 0 Å². The molecular formula is C21H27N3O2. The summed E-state index contributed by atoms with van der Waals surface area (Å²) in [6, 6.07) is 16.2. The molecule has 0 aromatic heterocycles. The summed E-state index contributed by atoms with van der Waals surface area (Å²) >= 11 is 0. The van der Waals surface area contributed by atoms with E-state index in [2.05, 4.69) is 40.7 Å². The van der Waals surface area contributed by atoms with E-state index in [0.29, 0.717) is 6.42 Å². The van der Waals surface area contributed by atoms with E-state index in [0.717, 1.165) is 56.2 Å². The maximum absolute atomic E-state index is 11.8. The van der Waals surface area contributed by atoms with Gasteiger partial charge < -0.3 is 20.3 Å². The second-order valence-electron chi connectivity index (χ2n) is 6.47. The number of anilines is 4. The van der Waals surface area contributed by atoms with E-state index in [1.165, 1.54) is 5.69 Å². The first-order valence-electron chi connectivity index (χ1n) is 9.35. The smallest absolute Gasteiger partial charge is 0.224 e. The Morgan fingerprint density at radius 3 is 2.46 bits per heavy atom. The first kappa shape index (κ1) is 18.3. The Bertz CT molecular complexity index is 709. The number of rotatable bonds is 7. The number of nitrogens with zero attached hydrogens (tertiary/aromatic N) is 1. The van der Waals surface area contributed by atoms with Gasteiger partial charge in [-0.2, -0.15) is 0 Å². The van der Waals surface area contributed by atoms with Crippen molar-refractivity contribution in [2.75, 3.05) is 41.8 Å². The molecule has 1 fully saturated rings. The number of unbranched alkanes of at least 4 members (excludes halogenated alkanes) is 1. The molecule has 5 nitrogen and oxygen atoms in total. The van der Waals surface area contributed by atoms with Crippen LogP contribution in [-0.2, 0) is 9.53 Å². The molecule has 0 aliphatic carbocycles. The number of ether oxygens (including phenoxy) is 1. The minimum atomic E-state index is 0.0743. The average Bonchev–Trinajstić information content (AvgIpc) is 2.69. The molecule has 0 radical (unpaired) electrons. The zero-order valence-electron chi connectivity index (χ0n) is 15.3. The van der Waals surface area contributed by atoms with E-state index < -0.39 is 0 Å². The molecule has 1 heterocycles. The molecule has 1 aliphatic rings. The summed E-state index contributed by atoms with van der Waals surface area (Å²) in [5, 5.41) is 6.43. The second-order valence-corrected chi connectivity index (χ2v) is 6.47. The molecular weight excluding hydrogens is 326 g/mol. The van der Waals surface area contributed by atoms with E-state index in [1.54, 1.807) is 0 Å². The van der Waals surface area contributed by atoms with Gasteiger partial charge in [0.25, 0.3) is 0 Å². The molecule has 1 aliphatic heterocycles. The van der Waals surface area contributed by atoms with Crippen molar-refractivity contribution in [1.29, 1.82) is 0 Å². The standard InChI is InChI=1S/C21H27N3O2/c1-2-3-8-21(25)23-18-11-9-17(10-12-18)22-19-6-4-5-7-20(19)24-13-15-26-16-14-24/h4-7,9-12,22H,2-3,8,13-16H2,1H3,(H,23,25). The zero-order chi connectivity index (χ0) is 18.2. The monoisotopic (exact) mass is 353 g/mol. The highest BCUT2D eigenvalue weighted by Gasteiger charge is 2.14. The third-order valence-corrected chi connectivity index (χ3v) is 4.46. The molecule has 0 unspecified atom stereocenters. The fourth-order valence-corrected chi connectivity index (χ4v) is 3.01. The van der Waals surface area contributed by atoms with Gasteiger partial charge in [-0.05, 0) is 42.8 Å². The molecule has 0 bridgehead atoms. The van der Waals surface area contributed by atoms with E-state index in [4.69, 9.17) is 4.74 Å². The van der Waals surface area contributed by atoms with Crippen LogP contribution in [0.5, 0.6) is 0 Å². The number of carbonyl (C=O) groups excluding carboxylic acids is 1. The second kappa shape index (κ2) is 9.25. The van der Waals surface area contributed by atoms with Crippen LogP contribution in [-0.4, -0.2) is 32.2 Å². The van der Waals surface area contributed by atoms with Crippen molar-refractivity contribution in [3.8, 4) is 0 Å². The van der Waals surface area contributed by atoms with Gasteiger partial charge in [0.05, 0.1) is 24.6 Å². The molecule has 2 aromatic rings. The third-order valence-electron chi connectivity index (χ3n) is 4.46. The molecule has 0 spiro atoms. The first-order valence-corrected chi connectivity index (χ1v) is 9.35. The molecule has 26 heavy (non-hydrogen) atoms. The van der Waals surface area contributed by atoms with E-state index in [1.807, 2.05) is 30.3 Å². The van der Waals surface area contributed by atoms with Gasteiger partial charge in [-0.3, -0.25) is 4.79 Å². The summed E-state index contributed by atoms with van der Waals surface area (Å²) in [4.78, 5) is 14.2. The molecule has 0 atom stereocenters. The van der Waals surface area contributed by atoms with Gasteiger partial charge in [-0.1, -0.05) is 25.5 Å². The lowest BCUT2D eigenvalue weighted by Gasteiger charge is -2.30. The summed E-state index contributed by atoms with van der Waals surface area (Å²) in [5.41, 5.74) is 4.09. The maximum atomic E-state index is 11.8. The summed E-state index contributed by atoms with van der Waals surface area (Å²) in [7, 11) is 0. The molecule has 2 N–H and O–H groups in total. The van der Waals surface area contributed by atoms with Crippen LogP contribution in [0.4, 0.5) is 22.7 Å². The molecule has 1 amide bonds. The fraction of sp³-hybridized carbons (Fsp3) is 0.381. The topological polar surface area (TPSA) is 53.6 Å². The minimum Gasteiger partial charge on any atom is -0.378 e. The fourth-order valence-electron chi connectivity index (χ4n) is 3.01. The highest BCUT2D eigenvalue weighted by molar-refractivity contribution is 5.91. The third kappa shape index (κ3) is 4.99. The van der Waals surface area contributed by atoms with E-state index in [-0.39, 0.29) is 5.91 Å². The van der Waals surface area contributed by atoms with Gasteiger partial charge in [0.2, 0.25) is 5.91 Å². The Hall–Kier alpha value is -2.53. The van der Waals surface area contributed by atoms with Crippen molar-refractivity contribution in [2.24, 2.45) is 0 Å². The summed E-state index contributed by atoms with van der Waals surface area (Å²) in [6.45, 7) is 5.42. The summed E-state index contributed by atoms with van der Waals surface area (Å²) in [6.07, 6.45) is 2.52. The SMILES string of the molecule is CCCCC(=O)Nc1ccc(Nc2ccccc2N2CCOCC2)cc1. The van der Waals surface area contributed by atoms with Gasteiger partial charge in [-0.25, -0.2) is 0 Å². The average molecular weight is 353 g/mol. The van der Waals surface area contributed by atoms with Gasteiger partial charge in [-0.15, -0.1) is 0 Å². The van der Waals surface area contributed by atoms with Crippen molar-refractivity contribution < 1.29 is 9.53 Å². The van der Waals surface area contributed by atoms with Gasteiger partial charge >= 0.3 is 0 Å². The highest BCUT2D eigenvalue weighted by Crippen LogP contribution is 2.29. The number of hydrogen-bond acceptors (Lipinski definition) is 4. The predicted octanol–water partition coefficient (Wildman–Crippen LogP) is 4.40. The van der Waals surface area contributed by atoms with Crippen LogP contribution in [0.15, 0.2) is 48.5 Å². The lowest BCUT2D eigenvalue weighted by molar-refractivity contribution is -0.116. The number of benzene rings is 2. The molecule has 138 valence electrons. The largest absolute Gasteiger partial charge is 0.378 e. The van der Waals surface area contributed by atoms with Gasteiger partial charge in [0.15, 0.2) is 0 Å².